The summed E-state index contributed by atoms with van der Waals surface area (Å²) in [7, 11) is 0. The van der Waals surface area contributed by atoms with Gasteiger partial charge in [-0.1, -0.05) is 24.6 Å². The molecular weight excluding hydrogens is 256 g/mol. The normalized spacial score (nSPS) is 11.4. The minimum absolute atomic E-state index is 0.524. The van der Waals surface area contributed by atoms with Gasteiger partial charge in [-0.15, -0.1) is 0 Å². The van der Waals surface area contributed by atoms with E-state index in [4.69, 9.17) is 12.2 Å². The number of nitrogens with zero attached hydrogens (tertiary/aromatic N) is 3. The summed E-state index contributed by atoms with van der Waals surface area (Å²) in [5.74, 6) is 0.837. The summed E-state index contributed by atoms with van der Waals surface area (Å²) in [6.07, 6.45) is 2.64. The van der Waals surface area contributed by atoms with Gasteiger partial charge in [-0.3, -0.25) is 5.10 Å². The van der Waals surface area contributed by atoms with Crippen molar-refractivity contribution >= 4 is 18.4 Å². The molecule has 0 fully saturated rings. The Hall–Kier alpha value is -1.75. The Labute approximate surface area is 118 Å². The molecule has 5 heteroatoms. The number of aromatic nitrogens is 3. The van der Waals surface area contributed by atoms with Crippen molar-refractivity contribution in [3.05, 3.63) is 45.0 Å². The van der Waals surface area contributed by atoms with Crippen LogP contribution in [0.15, 0.2) is 17.2 Å². The smallest absolute Gasteiger partial charge is 0.216 e. The molecule has 1 N–H and O–H groups in total. The molecule has 0 atom stereocenters. The second-order valence-electron chi connectivity index (χ2n) is 4.67. The number of H-pyrrole nitrogens is 1. The molecule has 0 saturated heterocycles. The molecule has 0 aliphatic carbocycles. The van der Waals surface area contributed by atoms with Gasteiger partial charge in [0.2, 0.25) is 4.77 Å². The molecule has 0 radical (unpaired) electrons. The highest BCUT2D eigenvalue weighted by Crippen LogP contribution is 2.14. The van der Waals surface area contributed by atoms with Crippen molar-refractivity contribution in [1.29, 1.82) is 0 Å². The Kier molecular flexibility index (Phi) is 3.95. The van der Waals surface area contributed by atoms with Crippen molar-refractivity contribution < 1.29 is 0 Å². The Bertz CT molecular complexity index is 656. The molecule has 100 valence electrons. The predicted octanol–water partition coefficient (Wildman–Crippen LogP) is 3.31. The summed E-state index contributed by atoms with van der Waals surface area (Å²) in [5.41, 5.74) is 4.83. The first-order chi connectivity index (χ1) is 9.02. The zero-order valence-corrected chi connectivity index (χ0v) is 12.5. The molecule has 1 aromatic carbocycles. The van der Waals surface area contributed by atoms with Crippen LogP contribution in [0, 0.1) is 25.5 Å². The standard InChI is InChI=1S/C14H18N4S/c1-5-13-16-17-14(19)18(13)15-8-12-10(3)6-9(2)7-11(12)4/h6-8H,5H2,1-4H3,(H,17,19)/b15-8-. The van der Waals surface area contributed by atoms with Crippen molar-refractivity contribution in [1.82, 2.24) is 14.9 Å². The monoisotopic (exact) mass is 274 g/mol. The molecular formula is C14H18N4S. The van der Waals surface area contributed by atoms with Gasteiger partial charge in [0.25, 0.3) is 0 Å². The van der Waals surface area contributed by atoms with E-state index in [-0.39, 0.29) is 0 Å². The molecule has 0 amide bonds. The highest BCUT2D eigenvalue weighted by molar-refractivity contribution is 7.71. The summed E-state index contributed by atoms with van der Waals surface area (Å²) in [4.78, 5) is 0. The van der Waals surface area contributed by atoms with E-state index in [1.165, 1.54) is 16.7 Å². The quantitative estimate of drug-likeness (QED) is 0.689. The fraction of sp³-hybridized carbons (Fsp3) is 0.357. The molecule has 4 nitrogen and oxygen atoms in total. The fourth-order valence-corrected chi connectivity index (χ4v) is 2.38. The van der Waals surface area contributed by atoms with Crippen LogP contribution in [-0.2, 0) is 6.42 Å². The second-order valence-corrected chi connectivity index (χ2v) is 5.05. The number of hydrogen-bond acceptors (Lipinski definition) is 3. The number of aryl methyl sites for hydroxylation is 4. The van der Waals surface area contributed by atoms with Crippen LogP contribution in [0.2, 0.25) is 0 Å². The maximum atomic E-state index is 5.17. The molecule has 2 rings (SSSR count). The van der Waals surface area contributed by atoms with Crippen LogP contribution in [0.4, 0.5) is 0 Å². The highest BCUT2D eigenvalue weighted by atomic mass is 32.1. The van der Waals surface area contributed by atoms with Gasteiger partial charge in [0.15, 0.2) is 5.82 Å². The Balaban J connectivity index is 2.44. The third-order valence-electron chi connectivity index (χ3n) is 3.07. The Morgan fingerprint density at radius 1 is 1.32 bits per heavy atom. The summed E-state index contributed by atoms with van der Waals surface area (Å²) >= 11 is 5.17. The topological polar surface area (TPSA) is 46.0 Å². The van der Waals surface area contributed by atoms with Crippen molar-refractivity contribution in [2.75, 3.05) is 0 Å². The zero-order valence-electron chi connectivity index (χ0n) is 11.7. The first-order valence-corrected chi connectivity index (χ1v) is 6.72. The van der Waals surface area contributed by atoms with E-state index in [1.807, 2.05) is 13.1 Å². The lowest BCUT2D eigenvalue weighted by atomic mass is 10.0. The lowest BCUT2D eigenvalue weighted by Crippen LogP contribution is -1.99. The summed E-state index contributed by atoms with van der Waals surface area (Å²) < 4.78 is 2.20. The average Bonchev–Trinajstić information content (AvgIpc) is 2.69. The molecule has 0 aliphatic heterocycles. The van der Waals surface area contributed by atoms with Gasteiger partial charge in [0.1, 0.15) is 0 Å². The van der Waals surface area contributed by atoms with E-state index in [0.29, 0.717) is 4.77 Å². The van der Waals surface area contributed by atoms with E-state index in [2.05, 4.69) is 48.2 Å². The average molecular weight is 274 g/mol. The van der Waals surface area contributed by atoms with Crippen LogP contribution in [0.25, 0.3) is 0 Å². The molecule has 0 saturated carbocycles. The fourth-order valence-electron chi connectivity index (χ4n) is 2.18. The largest absolute Gasteiger partial charge is 0.250 e. The van der Waals surface area contributed by atoms with Gasteiger partial charge < -0.3 is 0 Å². The number of benzene rings is 1. The third-order valence-corrected chi connectivity index (χ3v) is 3.34. The van der Waals surface area contributed by atoms with Gasteiger partial charge in [0.05, 0.1) is 6.21 Å². The SMILES string of the molecule is CCc1n[nH]c(=S)n1/N=C\c1c(C)cc(C)cc1C. The van der Waals surface area contributed by atoms with Gasteiger partial charge in [0, 0.05) is 12.0 Å². The minimum atomic E-state index is 0.524. The number of nitrogens with one attached hydrogen (secondary N) is 1. The molecule has 2 aromatic rings. The van der Waals surface area contributed by atoms with Crippen LogP contribution in [0.1, 0.15) is 35.0 Å². The maximum absolute atomic E-state index is 5.17. The number of rotatable bonds is 3. The van der Waals surface area contributed by atoms with Gasteiger partial charge in [-0.2, -0.15) is 14.9 Å². The molecule has 0 bridgehead atoms. The molecule has 0 aliphatic rings. The first kappa shape index (κ1) is 13.7. The van der Waals surface area contributed by atoms with Crippen LogP contribution in [0.3, 0.4) is 0 Å². The second kappa shape index (κ2) is 5.48. The highest BCUT2D eigenvalue weighted by Gasteiger charge is 2.04. The van der Waals surface area contributed by atoms with Crippen LogP contribution in [0.5, 0.6) is 0 Å². The molecule has 1 aromatic heterocycles. The van der Waals surface area contributed by atoms with Gasteiger partial charge in [-0.05, 0) is 44.1 Å². The Morgan fingerprint density at radius 3 is 2.53 bits per heavy atom. The number of hydrogen-bond donors (Lipinski definition) is 1. The van der Waals surface area contributed by atoms with Crippen LogP contribution < -0.4 is 0 Å². The molecule has 0 unspecified atom stereocenters. The first-order valence-electron chi connectivity index (χ1n) is 6.31. The minimum Gasteiger partial charge on any atom is -0.250 e. The summed E-state index contributed by atoms with van der Waals surface area (Å²) in [6, 6.07) is 4.31. The van der Waals surface area contributed by atoms with Crippen molar-refractivity contribution in [3.63, 3.8) is 0 Å². The van der Waals surface area contributed by atoms with E-state index < -0.39 is 0 Å². The molecule has 1 heterocycles. The molecule has 0 spiro atoms. The maximum Gasteiger partial charge on any atom is 0.216 e. The zero-order chi connectivity index (χ0) is 14.0. The van der Waals surface area contributed by atoms with E-state index in [9.17, 15) is 0 Å². The van der Waals surface area contributed by atoms with Crippen molar-refractivity contribution in [3.8, 4) is 0 Å². The van der Waals surface area contributed by atoms with Crippen LogP contribution in [-0.4, -0.2) is 21.1 Å². The van der Waals surface area contributed by atoms with E-state index >= 15 is 0 Å². The Morgan fingerprint density at radius 2 is 1.95 bits per heavy atom. The molecule has 19 heavy (non-hydrogen) atoms. The van der Waals surface area contributed by atoms with Crippen molar-refractivity contribution in [2.45, 2.75) is 34.1 Å². The van der Waals surface area contributed by atoms with E-state index in [1.54, 1.807) is 4.68 Å². The summed E-state index contributed by atoms with van der Waals surface area (Å²) in [6.45, 7) is 8.31. The van der Waals surface area contributed by atoms with Crippen molar-refractivity contribution in [2.24, 2.45) is 5.10 Å². The van der Waals surface area contributed by atoms with E-state index in [0.717, 1.165) is 17.8 Å². The lowest BCUT2D eigenvalue weighted by molar-refractivity contribution is 0.780. The summed E-state index contributed by atoms with van der Waals surface area (Å²) in [5, 5.41) is 11.4. The van der Waals surface area contributed by atoms with Gasteiger partial charge >= 0.3 is 0 Å². The van der Waals surface area contributed by atoms with Crippen LogP contribution >= 0.6 is 12.2 Å². The third kappa shape index (κ3) is 2.81. The predicted molar refractivity (Wildman–Crippen MR) is 80.4 cm³/mol. The number of aromatic amines is 1. The van der Waals surface area contributed by atoms with Gasteiger partial charge in [-0.25, -0.2) is 0 Å². The lowest BCUT2D eigenvalue weighted by Gasteiger charge is -2.06.